The summed E-state index contributed by atoms with van der Waals surface area (Å²) >= 11 is 14.9. The lowest BCUT2D eigenvalue weighted by Gasteiger charge is -2.24. The molecule has 1 fully saturated rings. The fraction of sp³-hybridized carbons (Fsp3) is 0.348. The van der Waals surface area contributed by atoms with E-state index in [2.05, 4.69) is 32.4 Å². The standard InChI is InChI=1S/C23H23Cl2N5S/c24-17-6-1-7-18(25)21(17)23-28-19-13-27-20(9-8-16-5-3-11-31-16)29-22(19)30(23)14-15-4-2-10-26-12-15/h1,3,5-7,11,13,15,26H,2,4,8-10,12,14H2. The molecule has 31 heavy (non-hydrogen) atoms. The number of fused-ring (bicyclic) bond motifs is 1. The van der Waals surface area contributed by atoms with Crippen molar-refractivity contribution in [2.24, 2.45) is 5.92 Å². The highest BCUT2D eigenvalue weighted by Crippen LogP contribution is 2.36. The van der Waals surface area contributed by atoms with Gasteiger partial charge >= 0.3 is 0 Å². The summed E-state index contributed by atoms with van der Waals surface area (Å²) in [5, 5.41) is 6.80. The van der Waals surface area contributed by atoms with Crippen LogP contribution >= 0.6 is 34.5 Å². The van der Waals surface area contributed by atoms with E-state index in [0.29, 0.717) is 16.0 Å². The summed E-state index contributed by atoms with van der Waals surface area (Å²) < 4.78 is 2.19. The van der Waals surface area contributed by atoms with E-state index in [-0.39, 0.29) is 0 Å². The molecule has 1 aliphatic heterocycles. The zero-order valence-corrected chi connectivity index (χ0v) is 19.3. The molecule has 0 aliphatic carbocycles. The second kappa shape index (κ2) is 9.25. The van der Waals surface area contributed by atoms with Gasteiger partial charge in [0.25, 0.3) is 0 Å². The van der Waals surface area contributed by atoms with Crippen molar-refractivity contribution >= 4 is 45.7 Å². The van der Waals surface area contributed by atoms with Crippen LogP contribution in [-0.2, 0) is 19.4 Å². The fourth-order valence-electron chi connectivity index (χ4n) is 4.18. The molecular formula is C23H23Cl2N5S. The van der Waals surface area contributed by atoms with Gasteiger partial charge in [-0.3, -0.25) is 0 Å². The largest absolute Gasteiger partial charge is 0.316 e. The van der Waals surface area contributed by atoms with Crippen LogP contribution in [0.5, 0.6) is 0 Å². The zero-order chi connectivity index (χ0) is 21.2. The molecule has 0 amide bonds. The van der Waals surface area contributed by atoms with Crippen LogP contribution in [0, 0.1) is 5.92 Å². The molecule has 8 heteroatoms. The quantitative estimate of drug-likeness (QED) is 0.394. The lowest BCUT2D eigenvalue weighted by Crippen LogP contribution is -2.32. The minimum absolute atomic E-state index is 0.510. The minimum Gasteiger partial charge on any atom is -0.316 e. The summed E-state index contributed by atoms with van der Waals surface area (Å²) in [7, 11) is 0. The Morgan fingerprint density at radius 2 is 1.97 bits per heavy atom. The highest BCUT2D eigenvalue weighted by molar-refractivity contribution is 7.09. The molecule has 0 bridgehead atoms. The maximum absolute atomic E-state index is 6.56. The third-order valence-electron chi connectivity index (χ3n) is 5.74. The van der Waals surface area contributed by atoms with Gasteiger partial charge in [0.15, 0.2) is 5.65 Å². The molecule has 1 N–H and O–H groups in total. The van der Waals surface area contributed by atoms with Crippen LogP contribution in [0.3, 0.4) is 0 Å². The smallest absolute Gasteiger partial charge is 0.164 e. The molecule has 1 saturated heterocycles. The third kappa shape index (κ3) is 4.48. The van der Waals surface area contributed by atoms with E-state index in [1.807, 2.05) is 24.4 Å². The van der Waals surface area contributed by atoms with Crippen molar-refractivity contribution in [2.45, 2.75) is 32.2 Å². The second-order valence-corrected chi connectivity index (χ2v) is 9.78. The van der Waals surface area contributed by atoms with Crippen molar-refractivity contribution in [3.63, 3.8) is 0 Å². The molecular weight excluding hydrogens is 449 g/mol. The third-order valence-corrected chi connectivity index (χ3v) is 7.30. The van der Waals surface area contributed by atoms with Gasteiger partial charge in [-0.1, -0.05) is 35.3 Å². The maximum Gasteiger partial charge on any atom is 0.164 e. The normalized spacial score (nSPS) is 16.8. The number of thiophene rings is 1. The van der Waals surface area contributed by atoms with E-state index in [9.17, 15) is 0 Å². The molecule has 1 unspecified atom stereocenters. The Balaban J connectivity index is 1.57. The Kier molecular flexibility index (Phi) is 6.23. The molecule has 4 heterocycles. The summed E-state index contributed by atoms with van der Waals surface area (Å²) in [5.74, 6) is 2.11. The predicted molar refractivity (Wildman–Crippen MR) is 128 cm³/mol. The van der Waals surface area contributed by atoms with Gasteiger partial charge in [0.2, 0.25) is 0 Å². The SMILES string of the molecule is Clc1cccc(Cl)c1-c1nc2cnc(CCc3cccs3)nc2n1CC1CCCNC1. The number of nitrogens with zero attached hydrogens (tertiary/aromatic N) is 4. The Morgan fingerprint density at radius 3 is 2.71 bits per heavy atom. The van der Waals surface area contributed by atoms with E-state index in [1.54, 1.807) is 11.3 Å². The van der Waals surface area contributed by atoms with Crippen LogP contribution in [0.15, 0.2) is 41.9 Å². The number of piperidine rings is 1. The Bertz CT molecular complexity index is 1160. The molecule has 5 nitrogen and oxygen atoms in total. The van der Waals surface area contributed by atoms with Crippen LogP contribution in [0.25, 0.3) is 22.6 Å². The Labute approximate surface area is 195 Å². The van der Waals surface area contributed by atoms with Gasteiger partial charge < -0.3 is 9.88 Å². The molecule has 1 atom stereocenters. The fourth-order valence-corrected chi connectivity index (χ4v) is 5.45. The molecule has 0 saturated carbocycles. The van der Waals surface area contributed by atoms with Crippen molar-refractivity contribution in [1.82, 2.24) is 24.8 Å². The minimum atomic E-state index is 0.510. The predicted octanol–water partition coefficient (Wildman–Crippen LogP) is 5.65. The lowest BCUT2D eigenvalue weighted by atomic mass is 9.99. The Morgan fingerprint density at radius 1 is 1.10 bits per heavy atom. The summed E-state index contributed by atoms with van der Waals surface area (Å²) in [6.07, 6.45) is 5.93. The first-order valence-electron chi connectivity index (χ1n) is 10.6. The van der Waals surface area contributed by atoms with E-state index < -0.39 is 0 Å². The van der Waals surface area contributed by atoms with Crippen molar-refractivity contribution in [3.8, 4) is 11.4 Å². The molecule has 0 radical (unpaired) electrons. The molecule has 1 aromatic carbocycles. The van der Waals surface area contributed by atoms with E-state index in [1.165, 1.54) is 17.7 Å². The van der Waals surface area contributed by atoms with Gasteiger partial charge in [0.1, 0.15) is 17.2 Å². The first-order valence-corrected chi connectivity index (χ1v) is 12.2. The number of aromatic nitrogens is 4. The number of rotatable bonds is 6. The molecule has 5 rings (SSSR count). The number of hydrogen-bond acceptors (Lipinski definition) is 5. The van der Waals surface area contributed by atoms with Crippen LogP contribution in [0.1, 0.15) is 23.5 Å². The molecule has 160 valence electrons. The first-order chi connectivity index (χ1) is 15.2. The lowest BCUT2D eigenvalue weighted by molar-refractivity contribution is 0.341. The number of aryl methyl sites for hydroxylation is 2. The van der Waals surface area contributed by atoms with E-state index >= 15 is 0 Å². The second-order valence-electron chi connectivity index (χ2n) is 7.93. The van der Waals surface area contributed by atoms with Gasteiger partial charge in [-0.2, -0.15) is 0 Å². The van der Waals surface area contributed by atoms with Crippen molar-refractivity contribution < 1.29 is 0 Å². The highest BCUT2D eigenvalue weighted by atomic mass is 35.5. The summed E-state index contributed by atoms with van der Waals surface area (Å²) in [5.41, 5.74) is 2.38. The van der Waals surface area contributed by atoms with E-state index in [4.69, 9.17) is 33.2 Å². The number of benzene rings is 1. The van der Waals surface area contributed by atoms with Gasteiger partial charge in [-0.15, -0.1) is 11.3 Å². The van der Waals surface area contributed by atoms with Gasteiger partial charge in [0.05, 0.1) is 21.8 Å². The van der Waals surface area contributed by atoms with Crippen LogP contribution in [0.2, 0.25) is 10.0 Å². The van der Waals surface area contributed by atoms with Crippen molar-refractivity contribution in [1.29, 1.82) is 0 Å². The average molecular weight is 472 g/mol. The monoisotopic (exact) mass is 471 g/mol. The van der Waals surface area contributed by atoms with Crippen molar-refractivity contribution in [3.05, 3.63) is 62.7 Å². The Hall–Kier alpha value is -1.99. The summed E-state index contributed by atoms with van der Waals surface area (Å²) in [6, 6.07) is 9.80. The number of hydrogen-bond donors (Lipinski definition) is 1. The zero-order valence-electron chi connectivity index (χ0n) is 17.0. The molecule has 0 spiro atoms. The van der Waals surface area contributed by atoms with E-state index in [0.717, 1.165) is 60.9 Å². The summed E-state index contributed by atoms with van der Waals surface area (Å²) in [4.78, 5) is 15.7. The van der Waals surface area contributed by atoms with Crippen molar-refractivity contribution in [2.75, 3.05) is 13.1 Å². The average Bonchev–Trinajstić information content (AvgIpc) is 3.41. The highest BCUT2D eigenvalue weighted by Gasteiger charge is 2.23. The molecule has 4 aromatic rings. The molecule has 3 aromatic heterocycles. The number of nitrogens with one attached hydrogen (secondary N) is 1. The molecule has 1 aliphatic rings. The maximum atomic E-state index is 6.56. The summed E-state index contributed by atoms with van der Waals surface area (Å²) in [6.45, 7) is 2.90. The van der Waals surface area contributed by atoms with Gasteiger partial charge in [-0.05, 0) is 61.8 Å². The van der Waals surface area contributed by atoms with Crippen LogP contribution in [-0.4, -0.2) is 32.6 Å². The van der Waals surface area contributed by atoms with Crippen LogP contribution < -0.4 is 5.32 Å². The van der Waals surface area contributed by atoms with Crippen LogP contribution in [0.4, 0.5) is 0 Å². The number of halogens is 2. The first kappa shape index (κ1) is 20.9. The van der Waals surface area contributed by atoms with Gasteiger partial charge in [-0.25, -0.2) is 15.0 Å². The number of imidazole rings is 1. The van der Waals surface area contributed by atoms with Gasteiger partial charge in [0, 0.05) is 17.8 Å². The topological polar surface area (TPSA) is 55.6 Å².